The van der Waals surface area contributed by atoms with Crippen molar-refractivity contribution in [3.8, 4) is 11.5 Å². The Labute approximate surface area is 130 Å². The van der Waals surface area contributed by atoms with Gasteiger partial charge in [0.2, 0.25) is 5.43 Å². The highest BCUT2D eigenvalue weighted by atomic mass is 35.5. The molecule has 1 heterocycles. The van der Waals surface area contributed by atoms with Crippen molar-refractivity contribution in [3.05, 3.63) is 33.1 Å². The molecule has 1 saturated carbocycles. The lowest BCUT2D eigenvalue weighted by Gasteiger charge is -2.17. The summed E-state index contributed by atoms with van der Waals surface area (Å²) < 4.78 is 12.3. The first kappa shape index (κ1) is 14.7. The molecule has 0 aliphatic heterocycles. The Morgan fingerprint density at radius 3 is 2.55 bits per heavy atom. The number of nitrogens with zero attached hydrogens (tertiary/aromatic N) is 1. The third-order valence-electron chi connectivity index (χ3n) is 3.76. The van der Waals surface area contributed by atoms with Gasteiger partial charge in [0, 0.05) is 18.3 Å². The minimum absolute atomic E-state index is 0.138. The Kier molecular flexibility index (Phi) is 3.48. The Hall–Kier alpha value is -2.21. The standard InChI is InChI=1S/C15H14ClNO5/c1-21-10-5-9(16)14(22-2)11-12(10)17(7-3-4-7)6-8(13(11)18)15(19)20/h5-7H,3-4H2,1-2H3,(H,19,20). The van der Waals surface area contributed by atoms with E-state index < -0.39 is 11.4 Å². The average molecular weight is 324 g/mol. The van der Waals surface area contributed by atoms with E-state index in [1.54, 1.807) is 10.6 Å². The lowest BCUT2D eigenvalue weighted by Crippen LogP contribution is -2.19. The van der Waals surface area contributed by atoms with Gasteiger partial charge in [0.25, 0.3) is 0 Å². The van der Waals surface area contributed by atoms with Crippen LogP contribution in [-0.2, 0) is 0 Å². The van der Waals surface area contributed by atoms with Crippen LogP contribution in [0.4, 0.5) is 0 Å². The smallest absolute Gasteiger partial charge is 0.341 e. The van der Waals surface area contributed by atoms with Crippen LogP contribution in [-0.4, -0.2) is 29.9 Å². The molecule has 1 aliphatic carbocycles. The lowest BCUT2D eigenvalue weighted by atomic mass is 10.1. The normalized spacial score (nSPS) is 14.1. The summed E-state index contributed by atoms with van der Waals surface area (Å²) in [4.78, 5) is 24.0. The molecule has 1 aromatic carbocycles. The average Bonchev–Trinajstić information content (AvgIpc) is 3.31. The monoisotopic (exact) mass is 323 g/mol. The van der Waals surface area contributed by atoms with Gasteiger partial charge in [-0.15, -0.1) is 0 Å². The van der Waals surface area contributed by atoms with Crippen LogP contribution in [0.15, 0.2) is 17.1 Å². The molecule has 1 aromatic heterocycles. The van der Waals surface area contributed by atoms with Gasteiger partial charge in [0.15, 0.2) is 5.75 Å². The fraction of sp³-hybridized carbons (Fsp3) is 0.333. The highest BCUT2D eigenvalue weighted by molar-refractivity contribution is 6.33. The molecule has 2 aromatic rings. The van der Waals surface area contributed by atoms with Crippen molar-refractivity contribution in [2.24, 2.45) is 0 Å². The van der Waals surface area contributed by atoms with Crippen molar-refractivity contribution < 1.29 is 19.4 Å². The van der Waals surface area contributed by atoms with E-state index in [1.807, 2.05) is 0 Å². The topological polar surface area (TPSA) is 77.8 Å². The molecule has 3 rings (SSSR count). The summed E-state index contributed by atoms with van der Waals surface area (Å²) in [5.41, 5.74) is -0.416. The molecule has 7 heteroatoms. The lowest BCUT2D eigenvalue weighted by molar-refractivity contribution is 0.0695. The van der Waals surface area contributed by atoms with E-state index >= 15 is 0 Å². The van der Waals surface area contributed by atoms with Gasteiger partial charge in [-0.05, 0) is 12.8 Å². The summed E-state index contributed by atoms with van der Waals surface area (Å²) in [5, 5.41) is 9.63. The molecular weight excluding hydrogens is 310 g/mol. The Morgan fingerprint density at radius 1 is 1.36 bits per heavy atom. The van der Waals surface area contributed by atoms with Gasteiger partial charge in [0.1, 0.15) is 11.3 Å². The summed E-state index contributed by atoms with van der Waals surface area (Å²) >= 11 is 6.14. The van der Waals surface area contributed by atoms with Crippen LogP contribution in [0.2, 0.25) is 5.02 Å². The van der Waals surface area contributed by atoms with Crippen molar-refractivity contribution in [1.82, 2.24) is 4.57 Å². The van der Waals surface area contributed by atoms with E-state index in [2.05, 4.69) is 0 Å². The maximum atomic E-state index is 12.6. The molecular formula is C15H14ClNO5. The van der Waals surface area contributed by atoms with E-state index in [-0.39, 0.29) is 27.8 Å². The number of hydrogen-bond donors (Lipinski definition) is 1. The number of carbonyl (C=O) groups is 1. The van der Waals surface area contributed by atoms with Gasteiger partial charge in [-0.1, -0.05) is 11.6 Å². The predicted octanol–water partition coefficient (Wildman–Crippen LogP) is 2.71. The number of hydrogen-bond acceptors (Lipinski definition) is 4. The fourth-order valence-corrected chi connectivity index (χ4v) is 2.88. The Balaban J connectivity index is 2.55. The molecule has 0 bridgehead atoms. The second kappa shape index (κ2) is 5.21. The quantitative estimate of drug-likeness (QED) is 0.936. The van der Waals surface area contributed by atoms with Crippen LogP contribution in [0.5, 0.6) is 11.5 Å². The number of fused-ring (bicyclic) bond motifs is 1. The van der Waals surface area contributed by atoms with Crippen LogP contribution in [0.3, 0.4) is 0 Å². The molecule has 0 saturated heterocycles. The van der Waals surface area contributed by atoms with Crippen molar-refractivity contribution in [1.29, 1.82) is 0 Å². The Morgan fingerprint density at radius 2 is 2.05 bits per heavy atom. The molecule has 0 atom stereocenters. The summed E-state index contributed by atoms with van der Waals surface area (Å²) in [6.07, 6.45) is 3.22. The molecule has 1 aliphatic rings. The minimum Gasteiger partial charge on any atom is -0.494 e. The molecule has 0 spiro atoms. The first-order valence-electron chi connectivity index (χ1n) is 6.72. The molecule has 1 fully saturated rings. The first-order chi connectivity index (χ1) is 10.5. The minimum atomic E-state index is -1.28. The number of rotatable bonds is 4. The third-order valence-corrected chi connectivity index (χ3v) is 4.05. The third kappa shape index (κ3) is 2.11. The van der Waals surface area contributed by atoms with E-state index in [4.69, 9.17) is 21.1 Å². The Bertz CT molecular complexity index is 838. The highest BCUT2D eigenvalue weighted by Gasteiger charge is 2.30. The van der Waals surface area contributed by atoms with Crippen LogP contribution in [0.1, 0.15) is 29.2 Å². The number of aromatic carboxylic acids is 1. The van der Waals surface area contributed by atoms with Crippen molar-refractivity contribution in [3.63, 3.8) is 0 Å². The van der Waals surface area contributed by atoms with Gasteiger partial charge in [-0.3, -0.25) is 4.79 Å². The largest absolute Gasteiger partial charge is 0.494 e. The number of methoxy groups -OCH3 is 2. The summed E-state index contributed by atoms with van der Waals surface area (Å²) in [7, 11) is 2.87. The molecule has 0 unspecified atom stereocenters. The van der Waals surface area contributed by atoms with Gasteiger partial charge in [-0.2, -0.15) is 0 Å². The van der Waals surface area contributed by atoms with Crippen LogP contribution in [0.25, 0.3) is 10.9 Å². The molecule has 6 nitrogen and oxygen atoms in total. The van der Waals surface area contributed by atoms with Gasteiger partial charge in [-0.25, -0.2) is 4.79 Å². The second-order valence-corrected chi connectivity index (χ2v) is 5.54. The molecule has 22 heavy (non-hydrogen) atoms. The summed E-state index contributed by atoms with van der Waals surface area (Å²) in [6, 6.07) is 1.72. The zero-order valence-corrected chi connectivity index (χ0v) is 12.8. The number of ether oxygens (including phenoxy) is 2. The predicted molar refractivity (Wildman–Crippen MR) is 81.6 cm³/mol. The van der Waals surface area contributed by atoms with Crippen molar-refractivity contribution in [2.45, 2.75) is 18.9 Å². The zero-order valence-electron chi connectivity index (χ0n) is 12.1. The fourth-order valence-electron chi connectivity index (χ4n) is 2.61. The molecule has 1 N–H and O–H groups in total. The highest BCUT2D eigenvalue weighted by Crippen LogP contribution is 2.43. The maximum absolute atomic E-state index is 12.6. The number of aromatic nitrogens is 1. The van der Waals surface area contributed by atoms with Crippen LogP contribution >= 0.6 is 11.6 Å². The van der Waals surface area contributed by atoms with Gasteiger partial charge in [0.05, 0.1) is 30.1 Å². The number of carboxylic acid groups (broad SMARTS) is 1. The first-order valence-corrected chi connectivity index (χ1v) is 7.10. The molecule has 0 amide bonds. The zero-order chi connectivity index (χ0) is 16.0. The number of pyridine rings is 1. The number of carboxylic acids is 1. The maximum Gasteiger partial charge on any atom is 0.341 e. The number of halogens is 1. The molecule has 116 valence electrons. The summed E-state index contributed by atoms with van der Waals surface area (Å²) in [6.45, 7) is 0. The van der Waals surface area contributed by atoms with E-state index in [9.17, 15) is 14.7 Å². The summed E-state index contributed by atoms with van der Waals surface area (Å²) in [5.74, 6) is -0.691. The van der Waals surface area contributed by atoms with E-state index in [0.717, 1.165) is 12.8 Å². The van der Waals surface area contributed by atoms with Crippen molar-refractivity contribution >= 4 is 28.5 Å². The van der Waals surface area contributed by atoms with E-state index in [0.29, 0.717) is 11.3 Å². The van der Waals surface area contributed by atoms with E-state index in [1.165, 1.54) is 20.4 Å². The van der Waals surface area contributed by atoms with Crippen LogP contribution in [0, 0.1) is 0 Å². The van der Waals surface area contributed by atoms with Crippen molar-refractivity contribution in [2.75, 3.05) is 14.2 Å². The number of benzene rings is 1. The SMILES string of the molecule is COc1c(Cl)cc(OC)c2c1c(=O)c(C(=O)O)cn2C1CC1. The van der Waals surface area contributed by atoms with Gasteiger partial charge < -0.3 is 19.1 Å². The van der Waals surface area contributed by atoms with Gasteiger partial charge >= 0.3 is 5.97 Å². The van der Waals surface area contributed by atoms with Crippen LogP contribution < -0.4 is 14.9 Å². The second-order valence-electron chi connectivity index (χ2n) is 5.13. The molecule has 0 radical (unpaired) electrons.